The van der Waals surface area contributed by atoms with Crippen molar-refractivity contribution in [3.05, 3.63) is 22.1 Å². The molecule has 1 aliphatic rings. The highest BCUT2D eigenvalue weighted by atomic mass is 79.9. The number of hydrogen-bond acceptors (Lipinski definition) is 6. The van der Waals surface area contributed by atoms with Crippen molar-refractivity contribution in [3.63, 3.8) is 0 Å². The molecule has 1 fully saturated rings. The van der Waals surface area contributed by atoms with Crippen LogP contribution in [0.2, 0.25) is 0 Å². The van der Waals surface area contributed by atoms with Gasteiger partial charge in [0, 0.05) is 25.2 Å². The predicted octanol–water partition coefficient (Wildman–Crippen LogP) is 1.52. The molecule has 1 atom stereocenters. The van der Waals surface area contributed by atoms with Crippen LogP contribution < -0.4 is 5.73 Å². The number of nitrogens with zero attached hydrogens (tertiary/aromatic N) is 4. The Morgan fingerprint density at radius 3 is 2.78 bits per heavy atom. The first-order valence-corrected chi connectivity index (χ1v) is 8.57. The monoisotopic (exact) mass is 383 g/mol. The Morgan fingerprint density at radius 1 is 1.43 bits per heavy atom. The van der Waals surface area contributed by atoms with Crippen LogP contribution in [-0.2, 0) is 16.9 Å². The lowest BCUT2D eigenvalue weighted by Crippen LogP contribution is -2.37. The summed E-state index contributed by atoms with van der Waals surface area (Å²) in [6.07, 6.45) is 2.04. The molecule has 2 aromatic heterocycles. The molecule has 0 spiro atoms. The number of nitrogen functional groups attached to an aromatic ring is 1. The van der Waals surface area contributed by atoms with Crippen molar-refractivity contribution in [2.24, 2.45) is 0 Å². The van der Waals surface area contributed by atoms with Crippen LogP contribution in [-0.4, -0.2) is 50.9 Å². The fraction of sp³-hybridized carbons (Fsp3) is 0.600. The van der Waals surface area contributed by atoms with Crippen molar-refractivity contribution in [1.82, 2.24) is 19.5 Å². The first-order valence-electron chi connectivity index (χ1n) is 7.78. The van der Waals surface area contributed by atoms with Crippen LogP contribution in [0.5, 0.6) is 0 Å². The first kappa shape index (κ1) is 16.6. The number of aromatic nitrogens is 3. The molecule has 1 aliphatic heterocycles. The summed E-state index contributed by atoms with van der Waals surface area (Å²) in [4.78, 5) is 6.37. The molecular formula is C15H22BrN5O2. The molecular weight excluding hydrogens is 362 g/mol. The summed E-state index contributed by atoms with van der Waals surface area (Å²) in [7, 11) is 0. The largest absolute Gasteiger partial charge is 0.385 e. The van der Waals surface area contributed by atoms with Crippen LogP contribution in [0.15, 0.2) is 10.8 Å². The van der Waals surface area contributed by atoms with Gasteiger partial charge in [-0.3, -0.25) is 4.90 Å². The van der Waals surface area contributed by atoms with Gasteiger partial charge in [0.05, 0.1) is 29.0 Å². The minimum absolute atomic E-state index is 0.397. The number of hydrogen-bond donors (Lipinski definition) is 2. The third-order valence-corrected chi connectivity index (χ3v) is 5.27. The smallest absolute Gasteiger partial charge is 0.152 e. The molecule has 2 aromatic rings. The summed E-state index contributed by atoms with van der Waals surface area (Å²) in [5.74, 6) is 0.397. The predicted molar refractivity (Wildman–Crippen MR) is 91.1 cm³/mol. The number of fused-ring (bicyclic) bond motifs is 1. The molecule has 0 aromatic carbocycles. The van der Waals surface area contributed by atoms with E-state index >= 15 is 0 Å². The van der Waals surface area contributed by atoms with Crippen LogP contribution in [0.4, 0.5) is 5.82 Å². The quantitative estimate of drug-likeness (QED) is 0.831. The van der Waals surface area contributed by atoms with Gasteiger partial charge in [0.2, 0.25) is 0 Å². The van der Waals surface area contributed by atoms with Gasteiger partial charge in [-0.2, -0.15) is 5.10 Å². The zero-order valence-electron chi connectivity index (χ0n) is 13.4. The third-order valence-electron chi connectivity index (χ3n) is 4.49. The molecule has 3 rings (SSSR count). The highest BCUT2D eigenvalue weighted by Gasteiger charge is 2.33. The Kier molecular flexibility index (Phi) is 4.59. The normalized spacial score (nSPS) is 19.1. The van der Waals surface area contributed by atoms with E-state index in [4.69, 9.17) is 10.5 Å². The van der Waals surface area contributed by atoms with Crippen LogP contribution in [0.25, 0.3) is 5.52 Å². The SMILES string of the molecule is CCC(C)(O)c1c(Br)c2c(N)ncnn2c1CN1CCOCC1. The Bertz CT molecular complexity index is 709. The maximum absolute atomic E-state index is 10.9. The lowest BCUT2D eigenvalue weighted by molar-refractivity contribution is 0.0297. The van der Waals surface area contributed by atoms with Crippen molar-refractivity contribution < 1.29 is 9.84 Å². The summed E-state index contributed by atoms with van der Waals surface area (Å²) in [5, 5.41) is 15.3. The second-order valence-corrected chi connectivity index (χ2v) is 6.85. The molecule has 0 radical (unpaired) electrons. The van der Waals surface area contributed by atoms with Gasteiger partial charge in [-0.1, -0.05) is 6.92 Å². The second kappa shape index (κ2) is 6.35. The molecule has 1 unspecified atom stereocenters. The molecule has 0 bridgehead atoms. The Hall–Kier alpha value is -1.22. The number of morpholine rings is 1. The van der Waals surface area contributed by atoms with Crippen molar-refractivity contribution in [2.75, 3.05) is 32.0 Å². The maximum Gasteiger partial charge on any atom is 0.152 e. The molecule has 8 heteroatoms. The van der Waals surface area contributed by atoms with E-state index in [-0.39, 0.29) is 0 Å². The van der Waals surface area contributed by atoms with Crippen LogP contribution >= 0.6 is 15.9 Å². The maximum atomic E-state index is 10.9. The fourth-order valence-electron chi connectivity index (χ4n) is 2.97. The van der Waals surface area contributed by atoms with E-state index in [1.165, 1.54) is 6.33 Å². The lowest BCUT2D eigenvalue weighted by atomic mass is 9.93. The van der Waals surface area contributed by atoms with E-state index < -0.39 is 5.60 Å². The van der Waals surface area contributed by atoms with Gasteiger partial charge < -0.3 is 15.6 Å². The molecule has 126 valence electrons. The lowest BCUT2D eigenvalue weighted by Gasteiger charge is -2.29. The Morgan fingerprint density at radius 2 is 2.13 bits per heavy atom. The van der Waals surface area contributed by atoms with Gasteiger partial charge in [0.25, 0.3) is 0 Å². The van der Waals surface area contributed by atoms with Crippen LogP contribution in [0.3, 0.4) is 0 Å². The summed E-state index contributed by atoms with van der Waals surface area (Å²) >= 11 is 3.61. The van der Waals surface area contributed by atoms with E-state index in [2.05, 4.69) is 30.9 Å². The van der Waals surface area contributed by atoms with E-state index in [9.17, 15) is 5.11 Å². The standard InChI is InChI=1S/C15H22BrN5O2/c1-3-15(2,22)11-10(8-20-4-6-23-7-5-20)21-13(12(11)16)14(17)18-9-19-21/h9,22H,3-8H2,1-2H3,(H2,17,18,19). The Balaban J connectivity index is 2.16. The molecule has 0 aliphatic carbocycles. The average Bonchev–Trinajstić information content (AvgIpc) is 2.82. The van der Waals surface area contributed by atoms with Crippen molar-refractivity contribution >= 4 is 27.3 Å². The molecule has 23 heavy (non-hydrogen) atoms. The highest BCUT2D eigenvalue weighted by molar-refractivity contribution is 9.10. The molecule has 3 heterocycles. The second-order valence-electron chi connectivity index (χ2n) is 6.06. The van der Waals surface area contributed by atoms with E-state index in [0.29, 0.717) is 24.3 Å². The van der Waals surface area contributed by atoms with Gasteiger partial charge in [-0.25, -0.2) is 9.50 Å². The zero-order chi connectivity index (χ0) is 16.6. The number of anilines is 1. The van der Waals surface area contributed by atoms with Crippen molar-refractivity contribution in [3.8, 4) is 0 Å². The van der Waals surface area contributed by atoms with Gasteiger partial charge in [0.15, 0.2) is 5.82 Å². The zero-order valence-corrected chi connectivity index (χ0v) is 15.0. The topological polar surface area (TPSA) is 88.9 Å². The molecule has 3 N–H and O–H groups in total. The summed E-state index contributed by atoms with van der Waals surface area (Å²) in [6.45, 7) is 7.62. The molecule has 0 amide bonds. The molecule has 1 saturated heterocycles. The fourth-order valence-corrected chi connectivity index (χ4v) is 4.00. The van der Waals surface area contributed by atoms with Crippen molar-refractivity contribution in [1.29, 1.82) is 0 Å². The van der Waals surface area contributed by atoms with E-state index in [1.54, 1.807) is 4.52 Å². The number of halogens is 1. The van der Waals surface area contributed by atoms with Gasteiger partial charge in [-0.05, 0) is 29.3 Å². The highest BCUT2D eigenvalue weighted by Crippen LogP contribution is 2.39. The number of ether oxygens (including phenoxy) is 1. The van der Waals surface area contributed by atoms with E-state index in [0.717, 1.165) is 42.0 Å². The molecule has 0 saturated carbocycles. The van der Waals surface area contributed by atoms with Crippen molar-refractivity contribution in [2.45, 2.75) is 32.4 Å². The minimum atomic E-state index is -0.972. The van der Waals surface area contributed by atoms with E-state index in [1.807, 2.05) is 13.8 Å². The summed E-state index contributed by atoms with van der Waals surface area (Å²) in [5.41, 5.74) is 7.55. The number of rotatable bonds is 4. The number of nitrogens with two attached hydrogens (primary N) is 1. The average molecular weight is 384 g/mol. The van der Waals surface area contributed by atoms with Crippen LogP contribution in [0, 0.1) is 0 Å². The first-order chi connectivity index (χ1) is 11.0. The molecule has 7 nitrogen and oxygen atoms in total. The summed E-state index contributed by atoms with van der Waals surface area (Å²) < 4.78 is 7.98. The van der Waals surface area contributed by atoms with Gasteiger partial charge in [-0.15, -0.1) is 0 Å². The number of aliphatic hydroxyl groups is 1. The van der Waals surface area contributed by atoms with Crippen LogP contribution in [0.1, 0.15) is 31.5 Å². The third kappa shape index (κ3) is 2.96. The summed E-state index contributed by atoms with van der Waals surface area (Å²) in [6, 6.07) is 0. The minimum Gasteiger partial charge on any atom is -0.385 e. The van der Waals surface area contributed by atoms with Gasteiger partial charge in [0.1, 0.15) is 11.8 Å². The Labute approximate surface area is 143 Å². The van der Waals surface area contributed by atoms with Gasteiger partial charge >= 0.3 is 0 Å².